The third-order valence-corrected chi connectivity index (χ3v) is 3.29. The van der Waals surface area contributed by atoms with Gasteiger partial charge in [-0.15, -0.1) is 0 Å². The van der Waals surface area contributed by atoms with Crippen LogP contribution in [0, 0.1) is 0 Å². The summed E-state index contributed by atoms with van der Waals surface area (Å²) in [5.41, 5.74) is 0.865. The number of rotatable bonds is 10. The van der Waals surface area contributed by atoms with Gasteiger partial charge in [0.05, 0.1) is 19.6 Å². The quantitative estimate of drug-likeness (QED) is 0.662. The minimum Gasteiger partial charge on any atom is -0.466 e. The van der Waals surface area contributed by atoms with Crippen LogP contribution in [0.25, 0.3) is 0 Å². The third-order valence-electron chi connectivity index (χ3n) is 3.29. The van der Waals surface area contributed by atoms with E-state index in [-0.39, 0.29) is 31.3 Å². The smallest absolute Gasteiger partial charge is 0.328 e. The highest BCUT2D eigenvalue weighted by Crippen LogP contribution is 2.06. The highest BCUT2D eigenvalue weighted by Gasteiger charge is 2.22. The van der Waals surface area contributed by atoms with Crippen molar-refractivity contribution in [1.29, 1.82) is 0 Å². The van der Waals surface area contributed by atoms with Gasteiger partial charge >= 0.3 is 11.9 Å². The molecule has 24 heavy (non-hydrogen) atoms. The summed E-state index contributed by atoms with van der Waals surface area (Å²) in [6.07, 6.45) is 1.17. The second-order valence-corrected chi connectivity index (χ2v) is 5.23. The minimum absolute atomic E-state index is 0.189. The molecule has 0 bridgehead atoms. The molecule has 0 aliphatic carbocycles. The third kappa shape index (κ3) is 7.76. The van der Waals surface area contributed by atoms with Gasteiger partial charge in [0.15, 0.2) is 0 Å². The van der Waals surface area contributed by atoms with Gasteiger partial charge < -0.3 is 14.8 Å². The van der Waals surface area contributed by atoms with E-state index in [2.05, 4.69) is 5.32 Å². The van der Waals surface area contributed by atoms with Crippen LogP contribution in [0.1, 0.15) is 38.7 Å². The molecule has 1 unspecified atom stereocenters. The number of hydrogen-bond donors (Lipinski definition) is 1. The second-order valence-electron chi connectivity index (χ2n) is 5.23. The first kappa shape index (κ1) is 19.7. The largest absolute Gasteiger partial charge is 0.466 e. The van der Waals surface area contributed by atoms with Crippen LogP contribution >= 0.6 is 0 Å². The molecule has 0 aliphatic rings. The fourth-order valence-electron chi connectivity index (χ4n) is 2.20. The number of hydrogen-bond acceptors (Lipinski definition) is 5. The van der Waals surface area contributed by atoms with Crippen molar-refractivity contribution in [1.82, 2.24) is 5.32 Å². The molecule has 1 aromatic carbocycles. The van der Waals surface area contributed by atoms with E-state index >= 15 is 0 Å². The number of amides is 1. The summed E-state index contributed by atoms with van der Waals surface area (Å²) in [4.78, 5) is 35.5. The van der Waals surface area contributed by atoms with Crippen LogP contribution in [0.5, 0.6) is 0 Å². The van der Waals surface area contributed by atoms with Crippen molar-refractivity contribution in [3.63, 3.8) is 0 Å². The molecule has 1 atom stereocenters. The molecule has 0 saturated heterocycles. The summed E-state index contributed by atoms with van der Waals surface area (Å²) in [5.74, 6) is -1.05. The first-order valence-electron chi connectivity index (χ1n) is 8.22. The summed E-state index contributed by atoms with van der Waals surface area (Å²) in [6, 6.07) is 8.52. The van der Waals surface area contributed by atoms with E-state index in [0.717, 1.165) is 5.56 Å². The maximum Gasteiger partial charge on any atom is 0.328 e. The van der Waals surface area contributed by atoms with Crippen LogP contribution in [0.15, 0.2) is 30.3 Å². The summed E-state index contributed by atoms with van der Waals surface area (Å²) in [6.45, 7) is 4.01. The Morgan fingerprint density at radius 3 is 2.33 bits per heavy atom. The van der Waals surface area contributed by atoms with Crippen molar-refractivity contribution < 1.29 is 23.9 Å². The average Bonchev–Trinajstić information content (AvgIpc) is 2.55. The molecule has 1 aromatic rings. The van der Waals surface area contributed by atoms with Crippen molar-refractivity contribution in [3.05, 3.63) is 35.9 Å². The van der Waals surface area contributed by atoms with Crippen LogP contribution in [-0.2, 0) is 30.3 Å². The highest BCUT2D eigenvalue weighted by atomic mass is 16.5. The topological polar surface area (TPSA) is 81.7 Å². The van der Waals surface area contributed by atoms with E-state index in [0.29, 0.717) is 19.4 Å². The van der Waals surface area contributed by atoms with Crippen molar-refractivity contribution in [2.24, 2.45) is 0 Å². The molecule has 132 valence electrons. The highest BCUT2D eigenvalue weighted by molar-refractivity contribution is 5.85. The monoisotopic (exact) mass is 335 g/mol. The van der Waals surface area contributed by atoms with E-state index in [9.17, 15) is 14.4 Å². The fraction of sp³-hybridized carbons (Fsp3) is 0.500. The van der Waals surface area contributed by atoms with Gasteiger partial charge in [0.1, 0.15) is 6.04 Å². The van der Waals surface area contributed by atoms with Gasteiger partial charge in [-0.25, -0.2) is 4.79 Å². The summed E-state index contributed by atoms with van der Waals surface area (Å²) in [5, 5.41) is 2.69. The molecule has 0 aliphatic heterocycles. The van der Waals surface area contributed by atoms with E-state index in [4.69, 9.17) is 9.47 Å². The molecule has 1 rings (SSSR count). The van der Waals surface area contributed by atoms with Crippen LogP contribution in [0.2, 0.25) is 0 Å². The molecule has 6 heteroatoms. The number of ether oxygens (including phenoxy) is 2. The number of esters is 2. The van der Waals surface area contributed by atoms with E-state index in [1.807, 2.05) is 30.3 Å². The molecular formula is C18H25NO5. The molecular weight excluding hydrogens is 310 g/mol. The lowest BCUT2D eigenvalue weighted by Crippen LogP contribution is -2.42. The first-order valence-corrected chi connectivity index (χ1v) is 8.22. The van der Waals surface area contributed by atoms with Crippen molar-refractivity contribution in [2.75, 3.05) is 13.2 Å². The zero-order chi connectivity index (χ0) is 17.8. The zero-order valence-electron chi connectivity index (χ0n) is 14.2. The van der Waals surface area contributed by atoms with Gasteiger partial charge in [0, 0.05) is 6.42 Å². The Morgan fingerprint density at radius 2 is 1.71 bits per heavy atom. The lowest BCUT2D eigenvalue weighted by molar-refractivity contribution is -0.148. The maximum absolute atomic E-state index is 12.1. The standard InChI is InChI=1S/C18H25NO5/c1-3-23-17(21)12-8-11-15(18(22)24-4-2)19-16(20)13-14-9-6-5-7-10-14/h5-7,9-10,15H,3-4,8,11-13H2,1-2H3,(H,19,20). The van der Waals surface area contributed by atoms with Gasteiger partial charge in [-0.05, 0) is 32.3 Å². The van der Waals surface area contributed by atoms with Crippen molar-refractivity contribution in [3.8, 4) is 0 Å². The molecule has 0 spiro atoms. The van der Waals surface area contributed by atoms with E-state index < -0.39 is 12.0 Å². The molecule has 0 fully saturated rings. The summed E-state index contributed by atoms with van der Waals surface area (Å²) in [7, 11) is 0. The average molecular weight is 335 g/mol. The predicted octanol–water partition coefficient (Wildman–Crippen LogP) is 2.01. The Labute approximate surface area is 142 Å². The predicted molar refractivity (Wildman–Crippen MR) is 89.2 cm³/mol. The lowest BCUT2D eigenvalue weighted by Gasteiger charge is -2.17. The summed E-state index contributed by atoms with van der Waals surface area (Å²) >= 11 is 0. The van der Waals surface area contributed by atoms with Crippen LogP contribution in [0.3, 0.4) is 0 Å². The van der Waals surface area contributed by atoms with Gasteiger partial charge in [0.2, 0.25) is 5.91 Å². The fourth-order valence-corrected chi connectivity index (χ4v) is 2.20. The van der Waals surface area contributed by atoms with Crippen molar-refractivity contribution in [2.45, 2.75) is 45.6 Å². The Bertz CT molecular complexity index is 529. The number of benzene rings is 1. The molecule has 1 amide bonds. The van der Waals surface area contributed by atoms with Crippen LogP contribution < -0.4 is 5.32 Å². The van der Waals surface area contributed by atoms with Gasteiger partial charge in [-0.1, -0.05) is 30.3 Å². The Kier molecular flexibility index (Phi) is 9.19. The van der Waals surface area contributed by atoms with Crippen LogP contribution in [0.4, 0.5) is 0 Å². The molecule has 6 nitrogen and oxygen atoms in total. The first-order chi connectivity index (χ1) is 11.6. The van der Waals surface area contributed by atoms with Gasteiger partial charge in [-0.3, -0.25) is 9.59 Å². The minimum atomic E-state index is -0.754. The van der Waals surface area contributed by atoms with E-state index in [1.165, 1.54) is 0 Å². The number of nitrogens with one attached hydrogen (secondary N) is 1. The van der Waals surface area contributed by atoms with Crippen molar-refractivity contribution >= 4 is 17.8 Å². The zero-order valence-corrected chi connectivity index (χ0v) is 14.2. The molecule has 1 N–H and O–H groups in total. The maximum atomic E-state index is 12.1. The number of carbonyl (C=O) groups is 3. The summed E-state index contributed by atoms with van der Waals surface area (Å²) < 4.78 is 9.84. The van der Waals surface area contributed by atoms with E-state index in [1.54, 1.807) is 13.8 Å². The van der Waals surface area contributed by atoms with Gasteiger partial charge in [-0.2, -0.15) is 0 Å². The number of carbonyl (C=O) groups excluding carboxylic acids is 3. The SMILES string of the molecule is CCOC(=O)CCCC(NC(=O)Cc1ccccc1)C(=O)OCC. The molecule has 0 heterocycles. The van der Waals surface area contributed by atoms with Crippen LogP contribution in [-0.4, -0.2) is 37.1 Å². The second kappa shape index (κ2) is 11.2. The Morgan fingerprint density at radius 1 is 1.04 bits per heavy atom. The van der Waals surface area contributed by atoms with Gasteiger partial charge in [0.25, 0.3) is 0 Å². The Balaban J connectivity index is 2.53. The Hall–Kier alpha value is -2.37. The molecule has 0 saturated carbocycles. The molecule has 0 radical (unpaired) electrons. The normalized spacial score (nSPS) is 11.4. The lowest BCUT2D eigenvalue weighted by atomic mass is 10.1. The molecule has 0 aromatic heterocycles.